The lowest BCUT2D eigenvalue weighted by atomic mass is 10.0. The second-order valence-electron chi connectivity index (χ2n) is 6.86. The molecule has 2 aromatic heterocycles. The third-order valence-corrected chi connectivity index (χ3v) is 5.86. The first-order valence-electron chi connectivity index (χ1n) is 9.39. The number of hydrogen-bond acceptors (Lipinski definition) is 5. The van der Waals surface area contributed by atoms with E-state index in [0.717, 1.165) is 29.1 Å². The van der Waals surface area contributed by atoms with Crippen LogP contribution in [0.4, 0.5) is 11.4 Å². The van der Waals surface area contributed by atoms with Gasteiger partial charge in [-0.2, -0.15) is 0 Å². The summed E-state index contributed by atoms with van der Waals surface area (Å²) in [5, 5.41) is 4.11. The van der Waals surface area contributed by atoms with Crippen molar-refractivity contribution >= 4 is 22.7 Å². The van der Waals surface area contributed by atoms with Crippen LogP contribution in [0.15, 0.2) is 58.7 Å². The van der Waals surface area contributed by atoms with E-state index in [1.807, 2.05) is 25.6 Å². The first-order chi connectivity index (χ1) is 13.6. The Kier molecular flexibility index (Phi) is 5.01. The molecule has 0 atom stereocenters. The van der Waals surface area contributed by atoms with Crippen LogP contribution in [-0.2, 0) is 0 Å². The molecule has 2 aromatic carbocycles. The van der Waals surface area contributed by atoms with E-state index in [1.54, 1.807) is 11.3 Å². The van der Waals surface area contributed by atoms with Crippen molar-refractivity contribution in [3.8, 4) is 21.6 Å². The molecule has 28 heavy (non-hydrogen) atoms. The molecule has 2 heterocycles. The van der Waals surface area contributed by atoms with E-state index in [0.29, 0.717) is 0 Å². The topological polar surface area (TPSA) is 42.2 Å². The van der Waals surface area contributed by atoms with E-state index in [-0.39, 0.29) is 0 Å². The second-order valence-corrected chi connectivity index (χ2v) is 7.74. The van der Waals surface area contributed by atoms with Gasteiger partial charge in [-0.3, -0.25) is 4.98 Å². The Bertz CT molecular complexity index is 1060. The zero-order valence-corrected chi connectivity index (χ0v) is 17.4. The van der Waals surface area contributed by atoms with Gasteiger partial charge in [-0.1, -0.05) is 29.4 Å². The van der Waals surface area contributed by atoms with E-state index in [1.165, 1.54) is 27.4 Å². The lowest BCUT2D eigenvalue weighted by molar-refractivity contribution is 0.393. The molecular weight excluding hydrogens is 366 g/mol. The number of nitrogens with zero attached hydrogens (tertiary/aromatic N) is 3. The molecule has 0 fully saturated rings. The molecule has 142 valence electrons. The van der Waals surface area contributed by atoms with E-state index in [2.05, 4.69) is 71.4 Å². The molecule has 0 spiro atoms. The number of hydrogen-bond donors (Lipinski definition) is 0. The van der Waals surface area contributed by atoms with Gasteiger partial charge in [-0.15, -0.1) is 11.3 Å². The maximum atomic E-state index is 5.37. The van der Waals surface area contributed by atoms with Crippen LogP contribution in [0.3, 0.4) is 0 Å². The van der Waals surface area contributed by atoms with Gasteiger partial charge >= 0.3 is 0 Å². The normalized spacial score (nSPS) is 11.0. The van der Waals surface area contributed by atoms with E-state index in [4.69, 9.17) is 4.52 Å². The van der Waals surface area contributed by atoms with Gasteiger partial charge in [0.1, 0.15) is 5.76 Å². The van der Waals surface area contributed by atoms with Gasteiger partial charge in [0.25, 0.3) is 0 Å². The summed E-state index contributed by atoms with van der Waals surface area (Å²) in [7, 11) is 0. The van der Waals surface area contributed by atoms with E-state index < -0.39 is 0 Å². The van der Waals surface area contributed by atoms with Crippen molar-refractivity contribution in [3.63, 3.8) is 0 Å². The molecule has 4 aromatic rings. The summed E-state index contributed by atoms with van der Waals surface area (Å²) in [5.41, 5.74) is 9.82. The summed E-state index contributed by atoms with van der Waals surface area (Å²) in [6.07, 6.45) is 1.91. The quantitative estimate of drug-likeness (QED) is 0.388. The Morgan fingerprint density at radius 2 is 1.75 bits per heavy atom. The van der Waals surface area contributed by atoms with Crippen LogP contribution >= 0.6 is 11.3 Å². The summed E-state index contributed by atoms with van der Waals surface area (Å²) >= 11 is 1.66. The fourth-order valence-electron chi connectivity index (χ4n) is 3.61. The molecule has 0 aliphatic heterocycles. The van der Waals surface area contributed by atoms with Crippen molar-refractivity contribution in [2.45, 2.75) is 27.7 Å². The summed E-state index contributed by atoms with van der Waals surface area (Å²) in [4.78, 5) is 7.70. The van der Waals surface area contributed by atoms with Gasteiger partial charge in [-0.05, 0) is 62.6 Å². The highest BCUT2D eigenvalue weighted by Crippen LogP contribution is 2.35. The van der Waals surface area contributed by atoms with Gasteiger partial charge < -0.3 is 9.42 Å². The smallest absolute Gasteiger partial charge is 0.141 e. The molecule has 4 rings (SSSR count). The number of anilines is 2. The number of thiazole rings is 1. The summed E-state index contributed by atoms with van der Waals surface area (Å²) < 4.78 is 5.37. The molecule has 0 N–H and O–H groups in total. The van der Waals surface area contributed by atoms with Gasteiger partial charge in [0.2, 0.25) is 0 Å². The molecule has 0 aliphatic rings. The van der Waals surface area contributed by atoms with Crippen molar-refractivity contribution < 1.29 is 4.52 Å². The van der Waals surface area contributed by atoms with E-state index in [9.17, 15) is 0 Å². The SMILES string of the molecule is CCN(c1ccc(-c2cncs2)cc1)c1cc(-c2c(C)noc2C)ccc1C. The fraction of sp³-hybridized carbons (Fsp3) is 0.217. The highest BCUT2D eigenvalue weighted by Gasteiger charge is 2.16. The highest BCUT2D eigenvalue weighted by molar-refractivity contribution is 7.13. The highest BCUT2D eigenvalue weighted by atomic mass is 32.1. The monoisotopic (exact) mass is 389 g/mol. The Balaban J connectivity index is 1.73. The first-order valence-corrected chi connectivity index (χ1v) is 10.3. The van der Waals surface area contributed by atoms with Gasteiger partial charge in [-0.25, -0.2) is 0 Å². The van der Waals surface area contributed by atoms with Crippen LogP contribution in [0.5, 0.6) is 0 Å². The van der Waals surface area contributed by atoms with Crippen molar-refractivity contribution in [2.24, 2.45) is 0 Å². The Labute approximate surface area is 169 Å². The molecule has 5 heteroatoms. The Morgan fingerprint density at radius 1 is 1.00 bits per heavy atom. The van der Waals surface area contributed by atoms with Gasteiger partial charge in [0, 0.05) is 29.7 Å². The molecule has 0 amide bonds. The van der Waals surface area contributed by atoms with Crippen LogP contribution in [0.1, 0.15) is 23.9 Å². The van der Waals surface area contributed by atoms with Crippen molar-refractivity contribution in [2.75, 3.05) is 11.4 Å². The first kappa shape index (κ1) is 18.4. The predicted molar refractivity (Wildman–Crippen MR) is 116 cm³/mol. The number of aromatic nitrogens is 2. The Hall–Kier alpha value is -2.92. The van der Waals surface area contributed by atoms with Crippen LogP contribution in [0.2, 0.25) is 0 Å². The molecule has 0 saturated heterocycles. The predicted octanol–water partition coefficient (Wildman–Crippen LogP) is 6.55. The zero-order chi connectivity index (χ0) is 19.7. The molecular formula is C23H23N3OS. The molecule has 0 unspecified atom stereocenters. The van der Waals surface area contributed by atoms with Crippen LogP contribution in [-0.4, -0.2) is 16.7 Å². The third-order valence-electron chi connectivity index (χ3n) is 5.03. The largest absolute Gasteiger partial charge is 0.361 e. The Morgan fingerprint density at radius 3 is 2.36 bits per heavy atom. The van der Waals surface area contributed by atoms with Gasteiger partial charge in [0.15, 0.2) is 0 Å². The van der Waals surface area contributed by atoms with Crippen LogP contribution in [0, 0.1) is 20.8 Å². The average Bonchev–Trinajstić information content (AvgIpc) is 3.35. The zero-order valence-electron chi connectivity index (χ0n) is 16.6. The minimum atomic E-state index is 0.851. The van der Waals surface area contributed by atoms with Crippen LogP contribution in [0.25, 0.3) is 21.6 Å². The average molecular weight is 390 g/mol. The third kappa shape index (κ3) is 3.34. The minimum absolute atomic E-state index is 0.851. The molecule has 0 radical (unpaired) electrons. The summed E-state index contributed by atoms with van der Waals surface area (Å²) in [6.45, 7) is 9.16. The number of aryl methyl sites for hydroxylation is 3. The van der Waals surface area contributed by atoms with Crippen molar-refractivity contribution in [3.05, 3.63) is 71.2 Å². The van der Waals surface area contributed by atoms with Crippen LogP contribution < -0.4 is 4.90 Å². The lowest BCUT2D eigenvalue weighted by Gasteiger charge is -2.26. The van der Waals surface area contributed by atoms with Gasteiger partial charge in [0.05, 0.1) is 16.1 Å². The van der Waals surface area contributed by atoms with E-state index >= 15 is 0 Å². The maximum absolute atomic E-state index is 5.37. The molecule has 0 bridgehead atoms. The second kappa shape index (κ2) is 7.60. The van der Waals surface area contributed by atoms with Crippen molar-refractivity contribution in [1.29, 1.82) is 0 Å². The minimum Gasteiger partial charge on any atom is -0.361 e. The fourth-order valence-corrected chi connectivity index (χ4v) is 4.24. The summed E-state index contributed by atoms with van der Waals surface area (Å²) in [6, 6.07) is 15.2. The number of rotatable bonds is 5. The number of benzene rings is 2. The standard InChI is InChI=1S/C23H23N3OS/c1-5-26(20-10-8-18(9-11-20)22-13-24-14-28-22)21-12-19(7-6-15(21)2)23-16(3)25-27-17(23)4/h6-14H,5H2,1-4H3. The maximum Gasteiger partial charge on any atom is 0.141 e. The molecule has 0 aliphatic carbocycles. The summed E-state index contributed by atoms with van der Waals surface area (Å²) in [5.74, 6) is 0.851. The van der Waals surface area contributed by atoms with Crippen molar-refractivity contribution in [1.82, 2.24) is 10.1 Å². The lowest BCUT2D eigenvalue weighted by Crippen LogP contribution is -2.17. The molecule has 0 saturated carbocycles. The molecule has 4 nitrogen and oxygen atoms in total.